The molecule has 70 valence electrons. The fourth-order valence-electron chi connectivity index (χ4n) is 1.18. The molecular formula is C8H16N2OS. The minimum atomic E-state index is -0.0342. The first kappa shape index (κ1) is 9.86. The number of nitrogens with zero attached hydrogens (tertiary/aromatic N) is 1. The fourth-order valence-corrected chi connectivity index (χ4v) is 2.08. The number of thioether (sulfide) groups is 1. The predicted molar refractivity (Wildman–Crippen MR) is 52.4 cm³/mol. The van der Waals surface area contributed by atoms with Crippen LogP contribution in [0.4, 0.5) is 0 Å². The van der Waals surface area contributed by atoms with Crippen LogP contribution in [0.25, 0.3) is 0 Å². The van der Waals surface area contributed by atoms with Crippen LogP contribution in [-0.4, -0.2) is 48.5 Å². The molecule has 0 saturated carbocycles. The fraction of sp³-hybridized carbons (Fsp3) is 0.875. The molecule has 0 aliphatic carbocycles. The number of carbonyl (C=O) groups is 1. The first-order valence-corrected chi connectivity index (χ1v) is 5.45. The number of carbonyl (C=O) groups excluding carboxylic acids is 1. The van der Waals surface area contributed by atoms with Gasteiger partial charge in [-0.15, -0.1) is 0 Å². The Morgan fingerprint density at radius 2 is 2.08 bits per heavy atom. The third-order valence-corrected chi connectivity index (χ3v) is 3.07. The van der Waals surface area contributed by atoms with Crippen molar-refractivity contribution in [3.8, 4) is 0 Å². The van der Waals surface area contributed by atoms with E-state index < -0.39 is 0 Å². The van der Waals surface area contributed by atoms with Gasteiger partial charge in [-0.25, -0.2) is 0 Å². The highest BCUT2D eigenvalue weighted by Gasteiger charge is 2.20. The Morgan fingerprint density at radius 3 is 2.58 bits per heavy atom. The number of hydrogen-bond donors (Lipinski definition) is 1. The summed E-state index contributed by atoms with van der Waals surface area (Å²) in [4.78, 5) is 13.5. The van der Waals surface area contributed by atoms with Gasteiger partial charge in [0.25, 0.3) is 0 Å². The second-order valence-corrected chi connectivity index (χ2v) is 4.17. The van der Waals surface area contributed by atoms with Crippen molar-refractivity contribution in [2.24, 2.45) is 0 Å². The largest absolute Gasteiger partial charge is 0.340 e. The van der Waals surface area contributed by atoms with Gasteiger partial charge in [0.2, 0.25) is 5.91 Å². The van der Waals surface area contributed by atoms with E-state index in [2.05, 4.69) is 5.32 Å². The molecular weight excluding hydrogens is 172 g/mol. The Kier molecular flexibility index (Phi) is 3.88. The van der Waals surface area contributed by atoms with Crippen molar-refractivity contribution in [2.75, 3.05) is 31.6 Å². The third kappa shape index (κ3) is 2.38. The number of hydrogen-bond acceptors (Lipinski definition) is 3. The molecule has 1 amide bonds. The smallest absolute Gasteiger partial charge is 0.239 e. The van der Waals surface area contributed by atoms with Gasteiger partial charge < -0.3 is 10.2 Å². The molecule has 0 aromatic carbocycles. The molecule has 0 unspecified atom stereocenters. The van der Waals surface area contributed by atoms with Gasteiger partial charge in [0.15, 0.2) is 0 Å². The number of likely N-dealkylation sites (N-methyl/N-ethyl adjacent to an activating group) is 1. The minimum Gasteiger partial charge on any atom is -0.340 e. The highest BCUT2D eigenvalue weighted by atomic mass is 32.2. The topological polar surface area (TPSA) is 32.3 Å². The first-order chi connectivity index (χ1) is 5.75. The molecule has 0 radical (unpaired) electrons. The summed E-state index contributed by atoms with van der Waals surface area (Å²) in [6.07, 6.45) is 0. The molecule has 1 aliphatic heterocycles. The highest BCUT2D eigenvalue weighted by Crippen LogP contribution is 2.09. The minimum absolute atomic E-state index is 0.0342. The molecule has 1 heterocycles. The zero-order valence-electron chi connectivity index (χ0n) is 7.67. The summed E-state index contributed by atoms with van der Waals surface area (Å²) in [6, 6.07) is -0.0342. The maximum Gasteiger partial charge on any atom is 0.239 e. The van der Waals surface area contributed by atoms with E-state index in [-0.39, 0.29) is 11.9 Å². The van der Waals surface area contributed by atoms with E-state index in [1.807, 2.05) is 30.6 Å². The second-order valence-electron chi connectivity index (χ2n) is 2.95. The number of amides is 1. The molecule has 1 saturated heterocycles. The zero-order valence-corrected chi connectivity index (χ0v) is 8.49. The van der Waals surface area contributed by atoms with Gasteiger partial charge in [-0.2, -0.15) is 11.8 Å². The molecule has 0 aromatic rings. The molecule has 0 spiro atoms. The quantitative estimate of drug-likeness (QED) is 0.670. The SMILES string of the molecule is CN[C@@H](C)C(=O)N1CCSCC1. The van der Waals surface area contributed by atoms with E-state index >= 15 is 0 Å². The maximum atomic E-state index is 11.6. The molecule has 0 aromatic heterocycles. The van der Waals surface area contributed by atoms with Gasteiger partial charge in [0, 0.05) is 24.6 Å². The monoisotopic (exact) mass is 188 g/mol. The summed E-state index contributed by atoms with van der Waals surface area (Å²) < 4.78 is 0. The van der Waals surface area contributed by atoms with Crippen molar-refractivity contribution in [1.82, 2.24) is 10.2 Å². The molecule has 1 N–H and O–H groups in total. The maximum absolute atomic E-state index is 11.6. The molecule has 0 bridgehead atoms. The number of rotatable bonds is 2. The van der Waals surface area contributed by atoms with Crippen molar-refractivity contribution < 1.29 is 4.79 Å². The molecule has 12 heavy (non-hydrogen) atoms. The van der Waals surface area contributed by atoms with E-state index in [0.29, 0.717) is 0 Å². The van der Waals surface area contributed by atoms with E-state index in [4.69, 9.17) is 0 Å². The van der Waals surface area contributed by atoms with Gasteiger partial charge in [-0.1, -0.05) is 0 Å². The second kappa shape index (κ2) is 4.72. The summed E-state index contributed by atoms with van der Waals surface area (Å²) >= 11 is 1.92. The van der Waals surface area contributed by atoms with Crippen LogP contribution in [0.2, 0.25) is 0 Å². The van der Waals surface area contributed by atoms with Gasteiger partial charge in [0.05, 0.1) is 6.04 Å². The van der Waals surface area contributed by atoms with Crippen LogP contribution >= 0.6 is 11.8 Å². The molecule has 3 nitrogen and oxygen atoms in total. The van der Waals surface area contributed by atoms with Crippen LogP contribution in [0.3, 0.4) is 0 Å². The Morgan fingerprint density at radius 1 is 1.50 bits per heavy atom. The van der Waals surface area contributed by atoms with Gasteiger partial charge in [0.1, 0.15) is 0 Å². The summed E-state index contributed by atoms with van der Waals surface area (Å²) in [6.45, 7) is 3.73. The van der Waals surface area contributed by atoms with Crippen molar-refractivity contribution in [1.29, 1.82) is 0 Å². The lowest BCUT2D eigenvalue weighted by atomic mass is 10.3. The molecule has 4 heteroatoms. The Bertz CT molecular complexity index is 157. The molecule has 1 fully saturated rings. The van der Waals surface area contributed by atoms with Crippen LogP contribution in [0.1, 0.15) is 6.92 Å². The van der Waals surface area contributed by atoms with Crippen LogP contribution in [-0.2, 0) is 4.79 Å². The van der Waals surface area contributed by atoms with Crippen LogP contribution < -0.4 is 5.32 Å². The highest BCUT2D eigenvalue weighted by molar-refractivity contribution is 7.99. The van der Waals surface area contributed by atoms with Crippen LogP contribution in [0.5, 0.6) is 0 Å². The molecule has 1 rings (SSSR count). The van der Waals surface area contributed by atoms with Crippen molar-refractivity contribution >= 4 is 17.7 Å². The summed E-state index contributed by atoms with van der Waals surface area (Å²) in [5.41, 5.74) is 0. The first-order valence-electron chi connectivity index (χ1n) is 4.29. The number of nitrogens with one attached hydrogen (secondary N) is 1. The molecule has 1 atom stereocenters. The Labute approximate surface area is 77.9 Å². The van der Waals surface area contributed by atoms with E-state index in [0.717, 1.165) is 24.6 Å². The Hall–Kier alpha value is -0.220. The van der Waals surface area contributed by atoms with Crippen LogP contribution in [0, 0.1) is 0 Å². The lowest BCUT2D eigenvalue weighted by molar-refractivity contribution is -0.132. The van der Waals surface area contributed by atoms with E-state index in [1.165, 1.54) is 0 Å². The standard InChI is InChI=1S/C8H16N2OS/c1-7(9-2)8(11)10-3-5-12-6-4-10/h7,9H,3-6H2,1-2H3/t7-/m0/s1. The summed E-state index contributed by atoms with van der Waals surface area (Å²) in [5, 5.41) is 2.96. The van der Waals surface area contributed by atoms with E-state index in [9.17, 15) is 4.79 Å². The van der Waals surface area contributed by atoms with Crippen molar-refractivity contribution in [2.45, 2.75) is 13.0 Å². The van der Waals surface area contributed by atoms with Gasteiger partial charge in [-0.05, 0) is 14.0 Å². The van der Waals surface area contributed by atoms with Gasteiger partial charge in [-0.3, -0.25) is 4.79 Å². The summed E-state index contributed by atoms with van der Waals surface area (Å²) in [7, 11) is 1.82. The van der Waals surface area contributed by atoms with E-state index in [1.54, 1.807) is 0 Å². The van der Waals surface area contributed by atoms with Gasteiger partial charge >= 0.3 is 0 Å². The Balaban J connectivity index is 2.39. The average Bonchev–Trinajstić information content (AvgIpc) is 2.17. The lowest BCUT2D eigenvalue weighted by Crippen LogP contribution is -2.46. The van der Waals surface area contributed by atoms with Crippen molar-refractivity contribution in [3.63, 3.8) is 0 Å². The molecule has 1 aliphatic rings. The summed E-state index contributed by atoms with van der Waals surface area (Å²) in [5.74, 6) is 2.41. The third-order valence-electron chi connectivity index (χ3n) is 2.13. The zero-order chi connectivity index (χ0) is 8.97. The predicted octanol–water partition coefficient (Wildman–Crippen LogP) is 0.170. The van der Waals surface area contributed by atoms with Crippen LogP contribution in [0.15, 0.2) is 0 Å². The lowest BCUT2D eigenvalue weighted by Gasteiger charge is -2.28. The average molecular weight is 188 g/mol. The van der Waals surface area contributed by atoms with Crippen molar-refractivity contribution in [3.05, 3.63) is 0 Å². The normalized spacial score (nSPS) is 20.7.